The number of aliphatic imine (C=N–C) groups is 1. The third-order valence-corrected chi connectivity index (χ3v) is 4.98. The van der Waals surface area contributed by atoms with Gasteiger partial charge < -0.3 is 18.9 Å². The number of fused-ring (bicyclic) bond motifs is 2. The van der Waals surface area contributed by atoms with Gasteiger partial charge in [-0.2, -0.15) is 0 Å². The third kappa shape index (κ3) is 3.77. The van der Waals surface area contributed by atoms with Crippen molar-refractivity contribution >= 4 is 18.0 Å². The Morgan fingerprint density at radius 3 is 2.56 bits per heavy atom. The highest BCUT2D eigenvalue weighted by Crippen LogP contribution is 2.43. The average molecular weight is 375 g/mol. The van der Waals surface area contributed by atoms with Gasteiger partial charge in [-0.25, -0.2) is 14.6 Å². The first-order valence-electron chi connectivity index (χ1n) is 9.32. The smallest absolute Gasteiger partial charge is 0.474 e. The lowest BCUT2D eigenvalue weighted by molar-refractivity contribution is -0.164. The topological polar surface area (TPSA) is 83.4 Å². The minimum atomic E-state index is -1.33. The maximum atomic E-state index is 12.9. The van der Waals surface area contributed by atoms with E-state index in [1.54, 1.807) is 13.8 Å². The number of ether oxygens (including phenoxy) is 4. The zero-order valence-corrected chi connectivity index (χ0v) is 15.8. The summed E-state index contributed by atoms with van der Waals surface area (Å²) < 4.78 is 21.8. The van der Waals surface area contributed by atoms with Crippen LogP contribution in [0, 0.1) is 5.92 Å². The number of esters is 1. The summed E-state index contributed by atoms with van der Waals surface area (Å²) in [4.78, 5) is 29.6. The molecule has 27 heavy (non-hydrogen) atoms. The van der Waals surface area contributed by atoms with Crippen LogP contribution in [-0.4, -0.2) is 49.0 Å². The zero-order chi connectivity index (χ0) is 19.4. The molecule has 1 aromatic rings. The summed E-state index contributed by atoms with van der Waals surface area (Å²) >= 11 is 0. The molecule has 1 heterocycles. The van der Waals surface area contributed by atoms with Crippen LogP contribution in [-0.2, 0) is 23.7 Å². The van der Waals surface area contributed by atoms with Crippen LogP contribution in [0.1, 0.15) is 39.2 Å². The first-order chi connectivity index (χ1) is 13.0. The normalized spacial score (nSPS) is 29.1. The standard InChI is InChI=1S/C20H25NO6/c1-4-24-18(22)20-12-15(13(3)11-16(20)27-19(23)25-5-2)26-17(21-20)14-9-7-6-8-10-14/h6-10,13,15-16H,4-5,11-12H2,1-3H3/t13-,15-,16+,20-/m0/s1. The van der Waals surface area contributed by atoms with Gasteiger partial charge >= 0.3 is 12.1 Å². The van der Waals surface area contributed by atoms with Gasteiger partial charge in [0.1, 0.15) is 12.2 Å². The minimum absolute atomic E-state index is 0.0705. The number of carbonyl (C=O) groups is 2. The molecule has 0 radical (unpaired) electrons. The number of hydrogen-bond acceptors (Lipinski definition) is 7. The van der Waals surface area contributed by atoms with Crippen LogP contribution >= 0.6 is 0 Å². The van der Waals surface area contributed by atoms with Crippen molar-refractivity contribution in [3.63, 3.8) is 0 Å². The average Bonchev–Trinajstić information content (AvgIpc) is 2.67. The minimum Gasteiger partial charge on any atom is -0.474 e. The van der Waals surface area contributed by atoms with E-state index >= 15 is 0 Å². The predicted octanol–water partition coefficient (Wildman–Crippen LogP) is 3.11. The summed E-state index contributed by atoms with van der Waals surface area (Å²) in [7, 11) is 0. The molecule has 2 bridgehead atoms. The van der Waals surface area contributed by atoms with Crippen molar-refractivity contribution in [1.82, 2.24) is 0 Å². The molecule has 7 heteroatoms. The highest BCUT2D eigenvalue weighted by atomic mass is 16.7. The van der Waals surface area contributed by atoms with Crippen LogP contribution in [0.15, 0.2) is 35.3 Å². The van der Waals surface area contributed by atoms with E-state index in [1.807, 2.05) is 37.3 Å². The largest absolute Gasteiger partial charge is 0.508 e. The van der Waals surface area contributed by atoms with E-state index in [0.29, 0.717) is 18.7 Å². The van der Waals surface area contributed by atoms with Crippen LogP contribution < -0.4 is 0 Å². The Morgan fingerprint density at radius 1 is 1.19 bits per heavy atom. The molecule has 1 aliphatic heterocycles. The van der Waals surface area contributed by atoms with Gasteiger partial charge in [0, 0.05) is 12.0 Å². The van der Waals surface area contributed by atoms with E-state index < -0.39 is 23.8 Å². The van der Waals surface area contributed by atoms with E-state index in [4.69, 9.17) is 18.9 Å². The van der Waals surface area contributed by atoms with Gasteiger partial charge in [0.05, 0.1) is 13.2 Å². The van der Waals surface area contributed by atoms with Crippen LogP contribution in [0.4, 0.5) is 4.79 Å². The van der Waals surface area contributed by atoms with E-state index in [1.165, 1.54) is 0 Å². The van der Waals surface area contributed by atoms with Crippen LogP contribution in [0.5, 0.6) is 0 Å². The summed E-state index contributed by atoms with van der Waals surface area (Å²) in [5, 5.41) is 0. The summed E-state index contributed by atoms with van der Waals surface area (Å²) in [6.45, 7) is 5.85. The quantitative estimate of drug-likeness (QED) is 0.736. The monoisotopic (exact) mass is 375 g/mol. The number of benzene rings is 1. The second-order valence-corrected chi connectivity index (χ2v) is 6.79. The summed E-state index contributed by atoms with van der Waals surface area (Å²) in [5.74, 6) is -0.0713. The van der Waals surface area contributed by atoms with Crippen molar-refractivity contribution in [2.45, 2.75) is 51.4 Å². The molecule has 0 spiro atoms. The fraction of sp³-hybridized carbons (Fsp3) is 0.550. The zero-order valence-electron chi connectivity index (χ0n) is 15.8. The van der Waals surface area contributed by atoms with Gasteiger partial charge in [-0.3, -0.25) is 0 Å². The Balaban J connectivity index is 2.03. The first-order valence-corrected chi connectivity index (χ1v) is 9.32. The van der Waals surface area contributed by atoms with Crippen molar-refractivity contribution in [1.29, 1.82) is 0 Å². The number of carbonyl (C=O) groups excluding carboxylic acids is 2. The number of rotatable bonds is 5. The van der Waals surface area contributed by atoms with Crippen molar-refractivity contribution in [3.8, 4) is 0 Å². The van der Waals surface area contributed by atoms with Crippen LogP contribution in [0.25, 0.3) is 0 Å². The molecule has 146 valence electrons. The fourth-order valence-corrected chi connectivity index (χ4v) is 3.59. The Labute approximate surface area is 158 Å². The van der Waals surface area contributed by atoms with Crippen LogP contribution in [0.3, 0.4) is 0 Å². The molecule has 7 nitrogen and oxygen atoms in total. The van der Waals surface area contributed by atoms with Gasteiger partial charge in [0.25, 0.3) is 0 Å². The molecule has 1 aromatic carbocycles. The molecule has 2 aliphatic rings. The molecule has 0 saturated heterocycles. The second kappa shape index (κ2) is 7.98. The van der Waals surface area contributed by atoms with E-state index in [2.05, 4.69) is 4.99 Å². The summed E-state index contributed by atoms with van der Waals surface area (Å²) in [6.07, 6.45) is -1.06. The first kappa shape index (κ1) is 19.2. The van der Waals surface area contributed by atoms with Gasteiger partial charge in [-0.15, -0.1) is 0 Å². The molecule has 0 unspecified atom stereocenters. The van der Waals surface area contributed by atoms with E-state index in [-0.39, 0.29) is 25.2 Å². The Hall–Kier alpha value is -2.57. The lowest BCUT2D eigenvalue weighted by Crippen LogP contribution is -2.61. The Bertz CT molecular complexity index is 718. The molecule has 1 fully saturated rings. The molecular weight excluding hydrogens is 350 g/mol. The molecule has 3 rings (SSSR count). The van der Waals surface area contributed by atoms with Crippen molar-refractivity contribution in [2.75, 3.05) is 13.2 Å². The van der Waals surface area contributed by atoms with Gasteiger partial charge in [-0.05, 0) is 38.3 Å². The van der Waals surface area contributed by atoms with Gasteiger partial charge in [0.2, 0.25) is 11.4 Å². The predicted molar refractivity (Wildman–Crippen MR) is 97.5 cm³/mol. The Kier molecular flexibility index (Phi) is 5.68. The Morgan fingerprint density at radius 2 is 1.89 bits per heavy atom. The third-order valence-electron chi connectivity index (χ3n) is 4.98. The van der Waals surface area contributed by atoms with Crippen LogP contribution in [0.2, 0.25) is 0 Å². The van der Waals surface area contributed by atoms with Crippen molar-refractivity contribution < 1.29 is 28.5 Å². The number of hydrogen-bond donors (Lipinski definition) is 0. The maximum absolute atomic E-state index is 12.9. The maximum Gasteiger partial charge on any atom is 0.508 e. The second-order valence-electron chi connectivity index (χ2n) is 6.79. The van der Waals surface area contributed by atoms with E-state index in [0.717, 1.165) is 5.56 Å². The molecule has 1 saturated carbocycles. The molecular formula is C20H25NO6. The van der Waals surface area contributed by atoms with Crippen molar-refractivity contribution in [2.24, 2.45) is 10.9 Å². The SMILES string of the molecule is CCOC(=O)O[C@@H]1C[C@H](C)[C@@H]2C[C@]1(C(=O)OCC)N=C(c1ccccc1)O2. The molecule has 0 aromatic heterocycles. The summed E-state index contributed by atoms with van der Waals surface area (Å²) in [5.41, 5.74) is -0.566. The lowest BCUT2D eigenvalue weighted by Gasteiger charge is -2.47. The van der Waals surface area contributed by atoms with Gasteiger partial charge in [0.15, 0.2) is 0 Å². The molecule has 1 aliphatic carbocycles. The van der Waals surface area contributed by atoms with Gasteiger partial charge in [-0.1, -0.05) is 25.1 Å². The van der Waals surface area contributed by atoms with E-state index in [9.17, 15) is 9.59 Å². The summed E-state index contributed by atoms with van der Waals surface area (Å²) in [6, 6.07) is 9.37. The lowest BCUT2D eigenvalue weighted by atomic mass is 9.72. The fourth-order valence-electron chi connectivity index (χ4n) is 3.59. The number of nitrogens with zero attached hydrogens (tertiary/aromatic N) is 1. The highest BCUT2D eigenvalue weighted by molar-refractivity contribution is 5.98. The molecule has 0 N–H and O–H groups in total. The highest BCUT2D eigenvalue weighted by Gasteiger charge is 2.59. The van der Waals surface area contributed by atoms with Crippen molar-refractivity contribution in [3.05, 3.63) is 35.9 Å². The molecule has 4 atom stereocenters. The molecule has 0 amide bonds.